The van der Waals surface area contributed by atoms with Crippen LogP contribution in [0.3, 0.4) is 0 Å². The van der Waals surface area contributed by atoms with Gasteiger partial charge in [-0.1, -0.05) is 13.8 Å². The standard InChI is InChI=1S/C10H23N3O/c1-8(2)9(11)10(14)13(5)7-6-12(3)4/h8-9H,6-7,11H2,1-5H3. The summed E-state index contributed by atoms with van der Waals surface area (Å²) < 4.78 is 0. The van der Waals surface area contributed by atoms with Crippen molar-refractivity contribution in [1.29, 1.82) is 0 Å². The molecule has 84 valence electrons. The summed E-state index contributed by atoms with van der Waals surface area (Å²) in [7, 11) is 5.77. The first kappa shape index (κ1) is 13.4. The van der Waals surface area contributed by atoms with E-state index in [9.17, 15) is 4.79 Å². The smallest absolute Gasteiger partial charge is 0.239 e. The van der Waals surface area contributed by atoms with Crippen LogP contribution in [-0.2, 0) is 4.79 Å². The van der Waals surface area contributed by atoms with E-state index in [0.29, 0.717) is 0 Å². The van der Waals surface area contributed by atoms with E-state index in [1.165, 1.54) is 0 Å². The van der Waals surface area contributed by atoms with Crippen LogP contribution in [0.4, 0.5) is 0 Å². The van der Waals surface area contributed by atoms with Gasteiger partial charge in [0.25, 0.3) is 0 Å². The molecule has 0 saturated heterocycles. The summed E-state index contributed by atoms with van der Waals surface area (Å²) in [6.07, 6.45) is 0. The monoisotopic (exact) mass is 201 g/mol. The highest BCUT2D eigenvalue weighted by molar-refractivity contribution is 5.81. The second-order valence-electron chi connectivity index (χ2n) is 4.33. The summed E-state index contributed by atoms with van der Waals surface area (Å²) in [5.74, 6) is 0.228. The number of nitrogens with two attached hydrogens (primary N) is 1. The van der Waals surface area contributed by atoms with Gasteiger partial charge in [-0.2, -0.15) is 0 Å². The maximum absolute atomic E-state index is 11.7. The second kappa shape index (κ2) is 5.98. The Balaban J connectivity index is 3.99. The van der Waals surface area contributed by atoms with Gasteiger partial charge in [-0.15, -0.1) is 0 Å². The highest BCUT2D eigenvalue weighted by Crippen LogP contribution is 2.01. The average Bonchev–Trinajstić information content (AvgIpc) is 2.11. The summed E-state index contributed by atoms with van der Waals surface area (Å²) >= 11 is 0. The highest BCUT2D eigenvalue weighted by atomic mass is 16.2. The Labute approximate surface area is 87.0 Å². The first-order valence-electron chi connectivity index (χ1n) is 5.01. The zero-order valence-corrected chi connectivity index (χ0v) is 9.95. The van der Waals surface area contributed by atoms with Gasteiger partial charge in [-0.05, 0) is 20.0 Å². The maximum atomic E-state index is 11.7. The molecule has 0 fully saturated rings. The minimum absolute atomic E-state index is 0.0295. The average molecular weight is 201 g/mol. The second-order valence-corrected chi connectivity index (χ2v) is 4.33. The summed E-state index contributed by atoms with van der Waals surface area (Å²) in [6, 6.07) is -0.373. The third kappa shape index (κ3) is 4.58. The van der Waals surface area contributed by atoms with Gasteiger partial charge in [0.05, 0.1) is 6.04 Å². The lowest BCUT2D eigenvalue weighted by Crippen LogP contribution is -2.46. The Morgan fingerprint density at radius 2 is 1.71 bits per heavy atom. The fraction of sp³-hybridized carbons (Fsp3) is 0.900. The molecule has 0 aliphatic rings. The summed E-state index contributed by atoms with van der Waals surface area (Å²) in [5.41, 5.74) is 5.76. The molecule has 0 radical (unpaired) electrons. The molecule has 0 spiro atoms. The molecule has 0 aromatic rings. The van der Waals surface area contributed by atoms with Crippen molar-refractivity contribution in [2.75, 3.05) is 34.2 Å². The molecule has 1 amide bonds. The molecule has 0 aromatic carbocycles. The van der Waals surface area contributed by atoms with Crippen LogP contribution < -0.4 is 5.73 Å². The van der Waals surface area contributed by atoms with E-state index in [2.05, 4.69) is 0 Å². The molecule has 1 atom stereocenters. The Bertz CT molecular complexity index is 180. The molecule has 2 N–H and O–H groups in total. The molecule has 0 aromatic heterocycles. The van der Waals surface area contributed by atoms with Crippen molar-refractivity contribution in [1.82, 2.24) is 9.80 Å². The van der Waals surface area contributed by atoms with Gasteiger partial charge in [0, 0.05) is 20.1 Å². The minimum atomic E-state index is -0.373. The van der Waals surface area contributed by atoms with Crippen LogP contribution in [0.15, 0.2) is 0 Å². The summed E-state index contributed by atoms with van der Waals surface area (Å²) in [6.45, 7) is 5.52. The number of hydrogen-bond acceptors (Lipinski definition) is 3. The van der Waals surface area contributed by atoms with Crippen LogP contribution in [0, 0.1) is 5.92 Å². The number of nitrogens with zero attached hydrogens (tertiary/aromatic N) is 2. The van der Waals surface area contributed by atoms with Crippen molar-refractivity contribution in [3.8, 4) is 0 Å². The van der Waals surface area contributed by atoms with Gasteiger partial charge in [-0.25, -0.2) is 0 Å². The van der Waals surface area contributed by atoms with E-state index in [4.69, 9.17) is 5.73 Å². The first-order chi connectivity index (χ1) is 6.36. The molecule has 14 heavy (non-hydrogen) atoms. The number of likely N-dealkylation sites (N-methyl/N-ethyl adjacent to an activating group) is 2. The van der Waals surface area contributed by atoms with Gasteiger partial charge in [0.1, 0.15) is 0 Å². The van der Waals surface area contributed by atoms with Crippen molar-refractivity contribution in [3.63, 3.8) is 0 Å². The molecular formula is C10H23N3O. The Morgan fingerprint density at radius 3 is 2.07 bits per heavy atom. The number of carbonyl (C=O) groups is 1. The van der Waals surface area contributed by atoms with Crippen LogP contribution >= 0.6 is 0 Å². The predicted octanol–water partition coefficient (Wildman–Crippen LogP) is -0.0103. The van der Waals surface area contributed by atoms with E-state index in [0.717, 1.165) is 13.1 Å². The largest absolute Gasteiger partial charge is 0.343 e. The fourth-order valence-electron chi connectivity index (χ4n) is 1.000. The highest BCUT2D eigenvalue weighted by Gasteiger charge is 2.20. The van der Waals surface area contributed by atoms with Crippen molar-refractivity contribution >= 4 is 5.91 Å². The van der Waals surface area contributed by atoms with Crippen LogP contribution in [0.2, 0.25) is 0 Å². The number of hydrogen-bond donors (Lipinski definition) is 1. The zero-order valence-electron chi connectivity index (χ0n) is 9.95. The van der Waals surface area contributed by atoms with Crippen LogP contribution in [0.5, 0.6) is 0 Å². The lowest BCUT2D eigenvalue weighted by Gasteiger charge is -2.24. The summed E-state index contributed by atoms with van der Waals surface area (Å²) in [4.78, 5) is 15.4. The van der Waals surface area contributed by atoms with E-state index >= 15 is 0 Å². The van der Waals surface area contributed by atoms with E-state index < -0.39 is 0 Å². The van der Waals surface area contributed by atoms with Gasteiger partial charge < -0.3 is 15.5 Å². The van der Waals surface area contributed by atoms with Crippen molar-refractivity contribution in [2.24, 2.45) is 11.7 Å². The van der Waals surface area contributed by atoms with Crippen molar-refractivity contribution in [3.05, 3.63) is 0 Å². The van der Waals surface area contributed by atoms with Gasteiger partial charge in [-0.3, -0.25) is 4.79 Å². The SMILES string of the molecule is CC(C)C(N)C(=O)N(C)CCN(C)C. The van der Waals surface area contributed by atoms with E-state index in [-0.39, 0.29) is 17.9 Å². The molecule has 0 aliphatic carbocycles. The van der Waals surface area contributed by atoms with Crippen LogP contribution in [0.1, 0.15) is 13.8 Å². The number of rotatable bonds is 5. The topological polar surface area (TPSA) is 49.6 Å². The number of carbonyl (C=O) groups excluding carboxylic acids is 1. The normalized spacial score (nSPS) is 13.4. The first-order valence-corrected chi connectivity index (χ1v) is 5.01. The number of amides is 1. The maximum Gasteiger partial charge on any atom is 0.239 e. The van der Waals surface area contributed by atoms with E-state index in [1.807, 2.05) is 32.8 Å². The van der Waals surface area contributed by atoms with Crippen molar-refractivity contribution < 1.29 is 4.79 Å². The Hall–Kier alpha value is -0.610. The molecular weight excluding hydrogens is 178 g/mol. The third-order valence-electron chi connectivity index (χ3n) is 2.26. The molecule has 1 unspecified atom stereocenters. The fourth-order valence-corrected chi connectivity index (χ4v) is 1.000. The Morgan fingerprint density at radius 1 is 1.21 bits per heavy atom. The molecule has 0 saturated carbocycles. The molecule has 0 bridgehead atoms. The summed E-state index contributed by atoms with van der Waals surface area (Å²) in [5, 5.41) is 0. The predicted molar refractivity (Wildman–Crippen MR) is 59.0 cm³/mol. The molecule has 0 aliphatic heterocycles. The van der Waals surface area contributed by atoms with Gasteiger partial charge >= 0.3 is 0 Å². The quantitative estimate of drug-likeness (QED) is 0.680. The van der Waals surface area contributed by atoms with E-state index in [1.54, 1.807) is 11.9 Å². The van der Waals surface area contributed by atoms with Gasteiger partial charge in [0.15, 0.2) is 0 Å². The lowest BCUT2D eigenvalue weighted by molar-refractivity contribution is -0.132. The third-order valence-corrected chi connectivity index (χ3v) is 2.26. The zero-order chi connectivity index (χ0) is 11.3. The molecule has 4 nitrogen and oxygen atoms in total. The van der Waals surface area contributed by atoms with Crippen LogP contribution in [0.25, 0.3) is 0 Å². The molecule has 0 rings (SSSR count). The molecule has 4 heteroatoms. The van der Waals surface area contributed by atoms with Gasteiger partial charge in [0.2, 0.25) is 5.91 Å². The molecule has 0 heterocycles. The lowest BCUT2D eigenvalue weighted by atomic mass is 10.0. The van der Waals surface area contributed by atoms with Crippen LogP contribution in [-0.4, -0.2) is 56.0 Å². The minimum Gasteiger partial charge on any atom is -0.343 e. The Kier molecular flexibility index (Phi) is 5.72. The van der Waals surface area contributed by atoms with Crippen molar-refractivity contribution in [2.45, 2.75) is 19.9 Å².